The van der Waals surface area contributed by atoms with Gasteiger partial charge in [0.05, 0.1) is 14.2 Å². The zero-order valence-electron chi connectivity index (χ0n) is 15.2. The number of amides is 1. The van der Waals surface area contributed by atoms with Crippen molar-refractivity contribution in [1.29, 1.82) is 0 Å². The Kier molecular flexibility index (Phi) is 5.51. The molecular weight excluding hydrogens is 346 g/mol. The molecule has 3 rings (SSSR count). The molecule has 0 aliphatic heterocycles. The van der Waals surface area contributed by atoms with Crippen molar-refractivity contribution in [3.63, 3.8) is 0 Å². The van der Waals surface area contributed by atoms with Crippen LogP contribution in [0.15, 0.2) is 54.9 Å². The van der Waals surface area contributed by atoms with Crippen molar-refractivity contribution in [3.8, 4) is 34.4 Å². The maximum atomic E-state index is 12.0. The number of pyridine rings is 2. The largest absolute Gasteiger partial charge is 0.497 e. The van der Waals surface area contributed by atoms with E-state index in [0.717, 1.165) is 11.1 Å². The third-order valence-corrected chi connectivity index (χ3v) is 3.85. The molecule has 0 bridgehead atoms. The quantitative estimate of drug-likeness (QED) is 0.722. The van der Waals surface area contributed by atoms with Crippen LogP contribution in [0.25, 0.3) is 11.1 Å². The van der Waals surface area contributed by atoms with E-state index in [1.165, 1.54) is 7.11 Å². The first-order valence-corrected chi connectivity index (χ1v) is 8.19. The number of nitrogens with zero attached hydrogens (tertiary/aromatic N) is 2. The van der Waals surface area contributed by atoms with Crippen LogP contribution >= 0.6 is 0 Å². The van der Waals surface area contributed by atoms with Crippen LogP contribution in [0.3, 0.4) is 0 Å². The Balaban J connectivity index is 2.00. The molecule has 138 valence electrons. The molecule has 0 unspecified atom stereocenters. The maximum absolute atomic E-state index is 12.0. The van der Waals surface area contributed by atoms with Gasteiger partial charge in [-0.1, -0.05) is 0 Å². The van der Waals surface area contributed by atoms with Crippen LogP contribution in [0.1, 0.15) is 10.4 Å². The summed E-state index contributed by atoms with van der Waals surface area (Å²) in [7, 11) is 4.65. The smallest absolute Gasteiger partial charge is 0.251 e. The topological polar surface area (TPSA) is 82.6 Å². The summed E-state index contributed by atoms with van der Waals surface area (Å²) in [6.07, 6.45) is 3.29. The van der Waals surface area contributed by atoms with E-state index in [9.17, 15) is 4.79 Å². The first kappa shape index (κ1) is 18.2. The lowest BCUT2D eigenvalue weighted by Crippen LogP contribution is -2.17. The normalized spacial score (nSPS) is 10.2. The van der Waals surface area contributed by atoms with Gasteiger partial charge in [0, 0.05) is 42.7 Å². The average molecular weight is 365 g/mol. The molecule has 0 aliphatic rings. The van der Waals surface area contributed by atoms with E-state index in [2.05, 4.69) is 15.3 Å². The lowest BCUT2D eigenvalue weighted by molar-refractivity contribution is 0.0962. The third-order valence-electron chi connectivity index (χ3n) is 3.85. The minimum Gasteiger partial charge on any atom is -0.497 e. The van der Waals surface area contributed by atoms with Crippen molar-refractivity contribution in [1.82, 2.24) is 15.3 Å². The van der Waals surface area contributed by atoms with E-state index in [1.54, 1.807) is 50.8 Å². The Bertz CT molecular complexity index is 959. The van der Waals surface area contributed by atoms with Crippen molar-refractivity contribution >= 4 is 5.91 Å². The highest BCUT2D eigenvalue weighted by molar-refractivity contribution is 5.94. The molecule has 7 heteroatoms. The monoisotopic (exact) mass is 365 g/mol. The van der Waals surface area contributed by atoms with Crippen LogP contribution in [0, 0.1) is 0 Å². The predicted octanol–water partition coefficient (Wildman–Crippen LogP) is 3.31. The summed E-state index contributed by atoms with van der Waals surface area (Å²) in [5, 5.41) is 2.59. The summed E-state index contributed by atoms with van der Waals surface area (Å²) in [5.74, 6) is 1.59. The molecule has 1 aromatic carbocycles. The molecule has 0 fully saturated rings. The molecule has 0 aliphatic carbocycles. The second-order valence-corrected chi connectivity index (χ2v) is 5.52. The second-order valence-electron chi connectivity index (χ2n) is 5.52. The van der Waals surface area contributed by atoms with Crippen LogP contribution in [-0.2, 0) is 0 Å². The van der Waals surface area contributed by atoms with Crippen molar-refractivity contribution in [2.45, 2.75) is 0 Å². The van der Waals surface area contributed by atoms with Gasteiger partial charge in [-0.05, 0) is 35.9 Å². The number of benzene rings is 1. The van der Waals surface area contributed by atoms with Crippen LogP contribution in [-0.4, -0.2) is 37.1 Å². The average Bonchev–Trinajstić information content (AvgIpc) is 2.73. The van der Waals surface area contributed by atoms with Gasteiger partial charge in [0.25, 0.3) is 5.91 Å². The number of nitrogens with one attached hydrogen (secondary N) is 1. The summed E-state index contributed by atoms with van der Waals surface area (Å²) < 4.78 is 16.4. The Hall–Kier alpha value is -3.61. The van der Waals surface area contributed by atoms with Crippen molar-refractivity contribution in [3.05, 3.63) is 60.4 Å². The molecule has 7 nitrogen and oxygen atoms in total. The SMILES string of the molecule is CNC(=O)c1cc(OC)cc(Oc2ncccc2-c2ccnc(OC)c2)c1. The van der Waals surface area contributed by atoms with Crippen LogP contribution < -0.4 is 19.5 Å². The molecular formula is C20H19N3O4. The summed E-state index contributed by atoms with van der Waals surface area (Å²) in [6.45, 7) is 0. The summed E-state index contributed by atoms with van der Waals surface area (Å²) in [5.41, 5.74) is 2.04. The molecule has 0 saturated heterocycles. The standard InChI is InChI=1S/C20H19N3O4/c1-21-19(24)14-9-15(25-2)12-16(10-14)27-20-17(5-4-7-23-20)13-6-8-22-18(11-13)26-3/h4-12H,1-3H3,(H,21,24). The number of rotatable bonds is 6. The Morgan fingerprint density at radius 3 is 2.52 bits per heavy atom. The van der Waals surface area contributed by atoms with Crippen LogP contribution in [0.4, 0.5) is 0 Å². The fourth-order valence-corrected chi connectivity index (χ4v) is 2.52. The van der Waals surface area contributed by atoms with Crippen molar-refractivity contribution in [2.24, 2.45) is 0 Å². The minimum absolute atomic E-state index is 0.237. The summed E-state index contributed by atoms with van der Waals surface area (Å²) >= 11 is 0. The molecule has 27 heavy (non-hydrogen) atoms. The van der Waals surface area contributed by atoms with E-state index in [1.807, 2.05) is 18.2 Å². The Morgan fingerprint density at radius 2 is 1.78 bits per heavy atom. The molecule has 1 amide bonds. The Labute approximate surface area is 156 Å². The fraction of sp³-hybridized carbons (Fsp3) is 0.150. The van der Waals surface area contributed by atoms with Crippen LogP contribution in [0.5, 0.6) is 23.3 Å². The molecule has 0 radical (unpaired) electrons. The highest BCUT2D eigenvalue weighted by atomic mass is 16.5. The van der Waals surface area contributed by atoms with E-state index in [-0.39, 0.29) is 5.91 Å². The van der Waals surface area contributed by atoms with E-state index in [4.69, 9.17) is 14.2 Å². The molecule has 0 atom stereocenters. The van der Waals surface area contributed by atoms with E-state index >= 15 is 0 Å². The van der Waals surface area contributed by atoms with Gasteiger partial charge in [0.15, 0.2) is 0 Å². The molecule has 1 N–H and O–H groups in total. The Morgan fingerprint density at radius 1 is 0.963 bits per heavy atom. The van der Waals surface area contributed by atoms with Gasteiger partial charge in [0.1, 0.15) is 11.5 Å². The van der Waals surface area contributed by atoms with Gasteiger partial charge in [-0.3, -0.25) is 4.79 Å². The van der Waals surface area contributed by atoms with Gasteiger partial charge in [0.2, 0.25) is 11.8 Å². The third kappa shape index (κ3) is 4.14. The van der Waals surface area contributed by atoms with E-state index in [0.29, 0.717) is 28.8 Å². The van der Waals surface area contributed by atoms with E-state index < -0.39 is 0 Å². The number of hydrogen-bond acceptors (Lipinski definition) is 6. The number of ether oxygens (including phenoxy) is 3. The van der Waals surface area contributed by atoms with Crippen molar-refractivity contribution in [2.75, 3.05) is 21.3 Å². The number of carbonyl (C=O) groups excluding carboxylic acids is 1. The zero-order valence-corrected chi connectivity index (χ0v) is 15.2. The molecule has 3 aromatic rings. The van der Waals surface area contributed by atoms with Gasteiger partial charge in [-0.2, -0.15) is 0 Å². The summed E-state index contributed by atoms with van der Waals surface area (Å²) in [4.78, 5) is 20.4. The second kappa shape index (κ2) is 8.18. The first-order chi connectivity index (χ1) is 13.1. The highest BCUT2D eigenvalue weighted by Crippen LogP contribution is 2.34. The number of aromatic nitrogens is 2. The van der Waals surface area contributed by atoms with Gasteiger partial charge >= 0.3 is 0 Å². The first-order valence-electron chi connectivity index (χ1n) is 8.19. The van der Waals surface area contributed by atoms with Gasteiger partial charge in [-0.25, -0.2) is 9.97 Å². The zero-order chi connectivity index (χ0) is 19.2. The molecule has 2 aromatic heterocycles. The molecule has 0 spiro atoms. The van der Waals surface area contributed by atoms with Crippen LogP contribution in [0.2, 0.25) is 0 Å². The fourth-order valence-electron chi connectivity index (χ4n) is 2.52. The number of methoxy groups -OCH3 is 2. The lowest BCUT2D eigenvalue weighted by atomic mass is 10.1. The van der Waals surface area contributed by atoms with Crippen molar-refractivity contribution < 1.29 is 19.0 Å². The highest BCUT2D eigenvalue weighted by Gasteiger charge is 2.13. The molecule has 2 heterocycles. The lowest BCUT2D eigenvalue weighted by Gasteiger charge is -2.12. The number of carbonyl (C=O) groups is 1. The maximum Gasteiger partial charge on any atom is 0.251 e. The number of hydrogen-bond donors (Lipinski definition) is 1. The van der Waals surface area contributed by atoms with Gasteiger partial charge < -0.3 is 19.5 Å². The minimum atomic E-state index is -0.237. The molecule has 0 saturated carbocycles. The predicted molar refractivity (Wildman–Crippen MR) is 100 cm³/mol. The van der Waals surface area contributed by atoms with Gasteiger partial charge in [-0.15, -0.1) is 0 Å². The summed E-state index contributed by atoms with van der Waals surface area (Å²) in [6, 6.07) is 12.3.